The first-order valence-electron chi connectivity index (χ1n) is 6.02. The largest absolute Gasteiger partial charge is 0.399 e. The van der Waals surface area contributed by atoms with Crippen LogP contribution in [0.3, 0.4) is 0 Å². The Bertz CT molecular complexity index is 644. The summed E-state index contributed by atoms with van der Waals surface area (Å²) in [6.07, 6.45) is 1.61. The fourth-order valence-corrected chi connectivity index (χ4v) is 2.45. The number of hydrogen-bond donors (Lipinski definition) is 1. The van der Waals surface area contributed by atoms with Gasteiger partial charge in [0.15, 0.2) is 0 Å². The van der Waals surface area contributed by atoms with Gasteiger partial charge in [-0.05, 0) is 35.6 Å². The molecule has 96 valence electrons. The van der Waals surface area contributed by atoms with Crippen LogP contribution >= 0.6 is 11.3 Å². The number of anilines is 1. The van der Waals surface area contributed by atoms with Crippen molar-refractivity contribution in [3.8, 4) is 10.7 Å². The second-order valence-corrected chi connectivity index (χ2v) is 5.18. The molecule has 0 amide bonds. The standard InChI is InChI=1S/C14H13N3OS/c15-11-6-3-10(4-7-11)5-8-13-16-14(17-18-13)12-2-1-9-19-12/h1-4,6-7,9H,5,8,15H2. The number of nitrogens with zero attached hydrogens (tertiary/aromatic N) is 2. The SMILES string of the molecule is Nc1ccc(CCc2nc(-c3cccs3)no2)cc1. The molecule has 0 fully saturated rings. The molecule has 0 aliphatic rings. The molecule has 0 saturated heterocycles. The quantitative estimate of drug-likeness (QED) is 0.740. The van der Waals surface area contributed by atoms with Crippen LogP contribution in [0.25, 0.3) is 10.7 Å². The summed E-state index contributed by atoms with van der Waals surface area (Å²) in [5.74, 6) is 1.34. The van der Waals surface area contributed by atoms with Crippen molar-refractivity contribution in [1.82, 2.24) is 10.1 Å². The van der Waals surface area contributed by atoms with Gasteiger partial charge in [0.25, 0.3) is 0 Å². The molecule has 0 spiro atoms. The molecule has 2 aromatic heterocycles. The minimum absolute atomic E-state index is 0.667. The van der Waals surface area contributed by atoms with Crippen LogP contribution in [0.1, 0.15) is 11.5 Å². The van der Waals surface area contributed by atoms with Crippen LogP contribution < -0.4 is 5.73 Å². The van der Waals surface area contributed by atoms with Crippen LogP contribution in [0.15, 0.2) is 46.3 Å². The molecule has 2 heterocycles. The molecule has 0 bridgehead atoms. The molecule has 0 saturated carbocycles. The van der Waals surface area contributed by atoms with Gasteiger partial charge in [-0.2, -0.15) is 4.98 Å². The monoisotopic (exact) mass is 271 g/mol. The van der Waals surface area contributed by atoms with Gasteiger partial charge in [-0.1, -0.05) is 23.4 Å². The topological polar surface area (TPSA) is 64.9 Å². The number of hydrogen-bond acceptors (Lipinski definition) is 5. The minimum atomic E-state index is 0.667. The van der Waals surface area contributed by atoms with Gasteiger partial charge in [0, 0.05) is 12.1 Å². The van der Waals surface area contributed by atoms with E-state index in [1.54, 1.807) is 11.3 Å². The first-order valence-corrected chi connectivity index (χ1v) is 6.90. The fraction of sp³-hybridized carbons (Fsp3) is 0.143. The molecule has 0 aliphatic carbocycles. The predicted molar refractivity (Wildman–Crippen MR) is 75.9 cm³/mol. The zero-order chi connectivity index (χ0) is 13.1. The van der Waals surface area contributed by atoms with Crippen molar-refractivity contribution in [3.05, 3.63) is 53.2 Å². The van der Waals surface area contributed by atoms with Crippen molar-refractivity contribution in [3.63, 3.8) is 0 Å². The summed E-state index contributed by atoms with van der Waals surface area (Å²) < 4.78 is 5.25. The van der Waals surface area contributed by atoms with Gasteiger partial charge in [0.1, 0.15) is 0 Å². The predicted octanol–water partition coefficient (Wildman–Crippen LogP) is 3.17. The molecule has 0 aliphatic heterocycles. The van der Waals surface area contributed by atoms with Crippen LogP contribution in [0.2, 0.25) is 0 Å². The molecular formula is C14H13N3OS. The lowest BCUT2D eigenvalue weighted by molar-refractivity contribution is 0.379. The lowest BCUT2D eigenvalue weighted by Crippen LogP contribution is -1.92. The second-order valence-electron chi connectivity index (χ2n) is 4.23. The van der Waals surface area contributed by atoms with E-state index >= 15 is 0 Å². The van der Waals surface area contributed by atoms with Gasteiger partial charge >= 0.3 is 0 Å². The highest BCUT2D eigenvalue weighted by molar-refractivity contribution is 7.13. The Morgan fingerprint density at radius 2 is 1.95 bits per heavy atom. The zero-order valence-corrected chi connectivity index (χ0v) is 11.1. The third-order valence-electron chi connectivity index (χ3n) is 2.82. The maximum atomic E-state index is 5.65. The lowest BCUT2D eigenvalue weighted by atomic mass is 10.1. The van der Waals surface area contributed by atoms with Gasteiger partial charge in [-0.25, -0.2) is 0 Å². The number of nitrogen functional groups attached to an aromatic ring is 1. The third-order valence-corrected chi connectivity index (χ3v) is 3.68. The summed E-state index contributed by atoms with van der Waals surface area (Å²) in [7, 11) is 0. The number of nitrogens with two attached hydrogens (primary N) is 1. The average molecular weight is 271 g/mol. The van der Waals surface area contributed by atoms with Crippen molar-refractivity contribution in [1.29, 1.82) is 0 Å². The van der Waals surface area contributed by atoms with E-state index in [0.29, 0.717) is 11.7 Å². The van der Waals surface area contributed by atoms with Crippen LogP contribution in [-0.4, -0.2) is 10.1 Å². The first-order chi connectivity index (χ1) is 9.31. The molecule has 0 radical (unpaired) electrons. The number of aromatic nitrogens is 2. The van der Waals surface area contributed by atoms with Crippen LogP contribution in [-0.2, 0) is 12.8 Å². The van der Waals surface area contributed by atoms with E-state index in [0.717, 1.165) is 23.4 Å². The molecular weight excluding hydrogens is 258 g/mol. The van der Waals surface area contributed by atoms with Crippen LogP contribution in [0.4, 0.5) is 5.69 Å². The number of thiophene rings is 1. The van der Waals surface area contributed by atoms with E-state index in [-0.39, 0.29) is 0 Å². The fourth-order valence-electron chi connectivity index (χ4n) is 1.80. The van der Waals surface area contributed by atoms with E-state index in [2.05, 4.69) is 10.1 Å². The first kappa shape index (κ1) is 11.9. The smallest absolute Gasteiger partial charge is 0.227 e. The highest BCUT2D eigenvalue weighted by atomic mass is 32.1. The van der Waals surface area contributed by atoms with Crippen LogP contribution in [0, 0.1) is 0 Å². The van der Waals surface area contributed by atoms with Crippen molar-refractivity contribution < 1.29 is 4.52 Å². The Kier molecular flexibility index (Phi) is 3.29. The summed E-state index contributed by atoms with van der Waals surface area (Å²) in [4.78, 5) is 5.42. The van der Waals surface area contributed by atoms with E-state index in [4.69, 9.17) is 10.3 Å². The molecule has 0 unspecified atom stereocenters. The summed E-state index contributed by atoms with van der Waals surface area (Å²) >= 11 is 1.61. The molecule has 19 heavy (non-hydrogen) atoms. The normalized spacial score (nSPS) is 10.7. The van der Waals surface area contributed by atoms with Gasteiger partial charge in [0.2, 0.25) is 11.7 Å². The molecule has 2 N–H and O–H groups in total. The Morgan fingerprint density at radius 1 is 1.11 bits per heavy atom. The molecule has 1 aromatic carbocycles. The minimum Gasteiger partial charge on any atom is -0.399 e. The number of benzene rings is 1. The van der Waals surface area contributed by atoms with Crippen LogP contribution in [0.5, 0.6) is 0 Å². The maximum Gasteiger partial charge on any atom is 0.227 e. The Hall–Kier alpha value is -2.14. The van der Waals surface area contributed by atoms with E-state index in [9.17, 15) is 0 Å². The second kappa shape index (κ2) is 5.24. The number of rotatable bonds is 4. The number of aryl methyl sites for hydroxylation is 2. The molecule has 5 heteroatoms. The molecule has 0 atom stereocenters. The van der Waals surface area contributed by atoms with Crippen molar-refractivity contribution in [2.45, 2.75) is 12.8 Å². The van der Waals surface area contributed by atoms with Gasteiger partial charge in [0.05, 0.1) is 4.88 Å². The summed E-state index contributed by atoms with van der Waals surface area (Å²) in [6.45, 7) is 0. The highest BCUT2D eigenvalue weighted by Gasteiger charge is 2.09. The van der Waals surface area contributed by atoms with Gasteiger partial charge in [-0.15, -0.1) is 11.3 Å². The Balaban J connectivity index is 1.66. The summed E-state index contributed by atoms with van der Waals surface area (Å²) in [5.41, 5.74) is 7.64. The van der Waals surface area contributed by atoms with Gasteiger partial charge in [-0.3, -0.25) is 0 Å². The Morgan fingerprint density at radius 3 is 2.68 bits per heavy atom. The summed E-state index contributed by atoms with van der Waals surface area (Å²) in [5, 5.41) is 5.99. The highest BCUT2D eigenvalue weighted by Crippen LogP contribution is 2.21. The van der Waals surface area contributed by atoms with E-state index in [1.165, 1.54) is 5.56 Å². The molecule has 3 rings (SSSR count). The van der Waals surface area contributed by atoms with Crippen molar-refractivity contribution >= 4 is 17.0 Å². The molecule has 4 nitrogen and oxygen atoms in total. The van der Waals surface area contributed by atoms with Crippen molar-refractivity contribution in [2.24, 2.45) is 0 Å². The average Bonchev–Trinajstić information content (AvgIpc) is 3.09. The lowest BCUT2D eigenvalue weighted by Gasteiger charge is -1.98. The Labute approximate surface area is 114 Å². The van der Waals surface area contributed by atoms with E-state index < -0.39 is 0 Å². The zero-order valence-electron chi connectivity index (χ0n) is 10.2. The molecule has 3 aromatic rings. The van der Waals surface area contributed by atoms with Crippen molar-refractivity contribution in [2.75, 3.05) is 5.73 Å². The summed E-state index contributed by atoms with van der Waals surface area (Å²) in [6, 6.07) is 11.8. The van der Waals surface area contributed by atoms with E-state index in [1.807, 2.05) is 41.8 Å². The third kappa shape index (κ3) is 2.82. The van der Waals surface area contributed by atoms with Gasteiger partial charge < -0.3 is 10.3 Å². The maximum absolute atomic E-state index is 5.65.